The minimum atomic E-state index is -3.85. The molecule has 1 heterocycles. The summed E-state index contributed by atoms with van der Waals surface area (Å²) in [5.41, 5.74) is 1.56. The molecule has 3 aliphatic rings. The maximum atomic E-state index is 14.0. The van der Waals surface area contributed by atoms with Gasteiger partial charge in [-0.1, -0.05) is 44.2 Å². The molecule has 1 aromatic carbocycles. The fourth-order valence-electron chi connectivity index (χ4n) is 5.98. The number of aryl methyl sites for hydroxylation is 2. The van der Waals surface area contributed by atoms with Crippen LogP contribution in [0, 0.1) is 19.8 Å². The van der Waals surface area contributed by atoms with Crippen molar-refractivity contribution in [1.29, 1.82) is 0 Å². The standard InChI is InChI=1S/C26H38N2O4S/c1-19-12-13-20(2)23(17-19)33(31,32)26(14-6-7-15-26)25(30)28-16-8-9-21(18-28)24(29)27-22-10-4-3-5-11-22/h12-13,17,21-22H,3-11,14-16,18H2,1-2H3,(H,27,29). The van der Waals surface area contributed by atoms with Crippen LogP contribution in [0.2, 0.25) is 0 Å². The number of nitrogens with zero attached hydrogens (tertiary/aromatic N) is 1. The van der Waals surface area contributed by atoms with E-state index in [9.17, 15) is 18.0 Å². The smallest absolute Gasteiger partial charge is 0.244 e. The van der Waals surface area contributed by atoms with Crippen LogP contribution in [0.1, 0.15) is 81.8 Å². The summed E-state index contributed by atoms with van der Waals surface area (Å²) in [6.07, 6.45) is 9.25. The molecule has 1 N–H and O–H groups in total. The van der Waals surface area contributed by atoms with Gasteiger partial charge in [0.1, 0.15) is 0 Å². The highest BCUT2D eigenvalue weighted by Crippen LogP contribution is 2.43. The van der Waals surface area contributed by atoms with Crippen molar-refractivity contribution in [3.05, 3.63) is 29.3 Å². The van der Waals surface area contributed by atoms with Crippen LogP contribution in [0.25, 0.3) is 0 Å². The van der Waals surface area contributed by atoms with Crippen LogP contribution in [-0.4, -0.2) is 49.0 Å². The quantitative estimate of drug-likeness (QED) is 0.697. The van der Waals surface area contributed by atoms with Gasteiger partial charge in [0.25, 0.3) is 0 Å². The Labute approximate surface area is 198 Å². The summed E-state index contributed by atoms with van der Waals surface area (Å²) < 4.78 is 26.5. The van der Waals surface area contributed by atoms with Crippen molar-refractivity contribution in [3.63, 3.8) is 0 Å². The summed E-state index contributed by atoms with van der Waals surface area (Å²) in [5.74, 6) is -0.528. The molecule has 2 amide bonds. The Kier molecular flexibility index (Phi) is 7.18. The van der Waals surface area contributed by atoms with Gasteiger partial charge in [0.05, 0.1) is 10.8 Å². The van der Waals surface area contributed by atoms with Crippen LogP contribution < -0.4 is 5.32 Å². The number of likely N-dealkylation sites (tertiary alicyclic amines) is 1. The van der Waals surface area contributed by atoms with Gasteiger partial charge in [-0.15, -0.1) is 0 Å². The number of amides is 2. The molecule has 4 rings (SSSR count). The molecule has 0 aromatic heterocycles. The minimum absolute atomic E-state index is 0.0252. The van der Waals surface area contributed by atoms with Crippen LogP contribution >= 0.6 is 0 Å². The lowest BCUT2D eigenvalue weighted by Crippen LogP contribution is -2.56. The lowest BCUT2D eigenvalue weighted by molar-refractivity contribution is -0.138. The summed E-state index contributed by atoms with van der Waals surface area (Å²) in [7, 11) is -3.85. The lowest BCUT2D eigenvalue weighted by Gasteiger charge is -2.39. The highest BCUT2D eigenvalue weighted by atomic mass is 32.2. The second-order valence-electron chi connectivity index (χ2n) is 10.4. The number of hydrogen-bond donors (Lipinski definition) is 1. The summed E-state index contributed by atoms with van der Waals surface area (Å²) in [4.78, 5) is 28.8. The van der Waals surface area contributed by atoms with E-state index in [1.54, 1.807) is 17.9 Å². The second-order valence-corrected chi connectivity index (χ2v) is 12.6. The zero-order valence-electron chi connectivity index (χ0n) is 20.1. The highest BCUT2D eigenvalue weighted by Gasteiger charge is 2.55. The van der Waals surface area contributed by atoms with Crippen LogP contribution in [0.15, 0.2) is 23.1 Å². The maximum absolute atomic E-state index is 14.0. The molecular formula is C26H38N2O4S. The Morgan fingerprint density at radius 3 is 2.36 bits per heavy atom. The van der Waals surface area contributed by atoms with Crippen LogP contribution in [0.5, 0.6) is 0 Å². The molecule has 0 spiro atoms. The van der Waals surface area contributed by atoms with E-state index >= 15 is 0 Å². The maximum Gasteiger partial charge on any atom is 0.244 e. The molecule has 1 aromatic rings. The molecule has 0 radical (unpaired) electrons. The summed E-state index contributed by atoms with van der Waals surface area (Å²) >= 11 is 0. The Hall–Kier alpha value is -1.89. The number of sulfone groups is 1. The van der Waals surface area contributed by atoms with Gasteiger partial charge >= 0.3 is 0 Å². The molecule has 1 aliphatic heterocycles. The molecule has 7 heteroatoms. The average molecular weight is 475 g/mol. The van der Waals surface area contributed by atoms with Gasteiger partial charge in [0.15, 0.2) is 14.6 Å². The van der Waals surface area contributed by atoms with Crippen LogP contribution in [0.4, 0.5) is 0 Å². The predicted molar refractivity (Wildman–Crippen MR) is 129 cm³/mol. The third-order valence-electron chi connectivity index (χ3n) is 7.98. The van der Waals surface area contributed by atoms with Gasteiger partial charge in [-0.2, -0.15) is 0 Å². The zero-order chi connectivity index (χ0) is 23.6. The van der Waals surface area contributed by atoms with Crippen molar-refractivity contribution >= 4 is 21.7 Å². The van der Waals surface area contributed by atoms with Gasteiger partial charge < -0.3 is 10.2 Å². The van der Waals surface area contributed by atoms with Gasteiger partial charge in [-0.05, 0) is 69.6 Å². The number of rotatable bonds is 5. The molecule has 2 saturated carbocycles. The largest absolute Gasteiger partial charge is 0.353 e. The average Bonchev–Trinajstić information content (AvgIpc) is 3.33. The molecule has 0 bridgehead atoms. The Morgan fingerprint density at radius 1 is 0.970 bits per heavy atom. The second kappa shape index (κ2) is 9.77. The molecule has 2 aliphatic carbocycles. The van der Waals surface area contributed by atoms with Crippen molar-refractivity contribution in [2.24, 2.45) is 5.92 Å². The van der Waals surface area contributed by atoms with E-state index in [2.05, 4.69) is 5.32 Å². The third kappa shape index (κ3) is 4.71. The number of hydrogen-bond acceptors (Lipinski definition) is 4. The highest BCUT2D eigenvalue weighted by molar-refractivity contribution is 7.93. The van der Waals surface area contributed by atoms with Crippen molar-refractivity contribution in [1.82, 2.24) is 10.2 Å². The van der Waals surface area contributed by atoms with Gasteiger partial charge in [-0.3, -0.25) is 9.59 Å². The zero-order valence-corrected chi connectivity index (χ0v) is 20.9. The van der Waals surface area contributed by atoms with Gasteiger partial charge in [-0.25, -0.2) is 8.42 Å². The van der Waals surface area contributed by atoms with E-state index in [4.69, 9.17) is 0 Å². The topological polar surface area (TPSA) is 83.6 Å². The normalized spacial score (nSPS) is 23.9. The van der Waals surface area contributed by atoms with E-state index in [0.717, 1.165) is 56.9 Å². The van der Waals surface area contributed by atoms with E-state index in [0.29, 0.717) is 31.5 Å². The molecule has 1 saturated heterocycles. The van der Waals surface area contributed by atoms with Crippen molar-refractivity contribution < 1.29 is 18.0 Å². The van der Waals surface area contributed by atoms with Gasteiger partial charge in [0, 0.05) is 19.1 Å². The molecule has 33 heavy (non-hydrogen) atoms. The molecule has 6 nitrogen and oxygen atoms in total. The van der Waals surface area contributed by atoms with E-state index in [-0.39, 0.29) is 28.7 Å². The number of carbonyl (C=O) groups excluding carboxylic acids is 2. The Bertz CT molecular complexity index is 992. The number of nitrogens with one attached hydrogen (secondary N) is 1. The minimum Gasteiger partial charge on any atom is -0.353 e. The summed E-state index contributed by atoms with van der Waals surface area (Å²) in [6, 6.07) is 5.66. The van der Waals surface area contributed by atoms with Crippen molar-refractivity contribution in [2.75, 3.05) is 13.1 Å². The Morgan fingerprint density at radius 2 is 1.67 bits per heavy atom. The van der Waals surface area contributed by atoms with E-state index in [1.807, 2.05) is 19.1 Å². The van der Waals surface area contributed by atoms with E-state index < -0.39 is 14.6 Å². The van der Waals surface area contributed by atoms with Crippen molar-refractivity contribution in [3.8, 4) is 0 Å². The fourth-order valence-corrected chi connectivity index (χ4v) is 8.42. The first-order valence-electron chi connectivity index (χ1n) is 12.7. The molecule has 1 atom stereocenters. The lowest BCUT2D eigenvalue weighted by atomic mass is 9.92. The molecule has 182 valence electrons. The number of carbonyl (C=O) groups is 2. The van der Waals surface area contributed by atoms with Crippen LogP contribution in [0.3, 0.4) is 0 Å². The first kappa shape index (κ1) is 24.2. The molecular weight excluding hydrogens is 436 g/mol. The molecule has 1 unspecified atom stereocenters. The Balaban J connectivity index is 1.55. The van der Waals surface area contributed by atoms with E-state index in [1.165, 1.54) is 6.42 Å². The first-order valence-corrected chi connectivity index (χ1v) is 14.1. The fraction of sp³-hybridized carbons (Fsp3) is 0.692. The first-order chi connectivity index (χ1) is 15.7. The van der Waals surface area contributed by atoms with Gasteiger partial charge in [0.2, 0.25) is 11.8 Å². The molecule has 3 fully saturated rings. The SMILES string of the molecule is Cc1ccc(C)c(S(=O)(=O)C2(C(=O)N3CCCC(C(=O)NC4CCCCC4)C3)CCCC2)c1. The third-order valence-corrected chi connectivity index (χ3v) is 10.6. The summed E-state index contributed by atoms with van der Waals surface area (Å²) in [5, 5.41) is 3.20. The van der Waals surface area contributed by atoms with Crippen molar-refractivity contribution in [2.45, 2.75) is 100 Å². The monoisotopic (exact) mass is 474 g/mol. The number of benzene rings is 1. The number of piperidine rings is 1. The summed E-state index contributed by atoms with van der Waals surface area (Å²) in [6.45, 7) is 4.52. The predicted octanol–water partition coefficient (Wildman–Crippen LogP) is 4.08. The van der Waals surface area contributed by atoms with Crippen LogP contribution in [-0.2, 0) is 19.4 Å².